The average Bonchev–Trinajstić information content (AvgIpc) is 3.29. The first-order valence-corrected chi connectivity index (χ1v) is 9.93. The van der Waals surface area contributed by atoms with Gasteiger partial charge in [0.25, 0.3) is 0 Å². The number of nitrogens with one attached hydrogen (secondary N) is 1. The first-order valence-electron chi connectivity index (χ1n) is 9.93. The fraction of sp³-hybridized carbons (Fsp3) is 0.364. The third-order valence-corrected chi connectivity index (χ3v) is 4.65. The molecule has 9 nitrogen and oxygen atoms in total. The average molecular weight is 428 g/mol. The van der Waals surface area contributed by atoms with Gasteiger partial charge in [0.2, 0.25) is 5.75 Å². The summed E-state index contributed by atoms with van der Waals surface area (Å²) in [4.78, 5) is 4.58. The molecule has 3 N–H and O–H groups in total. The van der Waals surface area contributed by atoms with Crippen LogP contribution >= 0.6 is 0 Å². The summed E-state index contributed by atoms with van der Waals surface area (Å²) in [7, 11) is 4.67. The molecule has 0 saturated carbocycles. The molecule has 0 fully saturated rings. The Morgan fingerprint density at radius 3 is 2.10 bits per heavy atom. The molecule has 3 aromatic rings. The molecule has 31 heavy (non-hydrogen) atoms. The molecule has 3 rings (SSSR count). The van der Waals surface area contributed by atoms with Crippen molar-refractivity contribution in [3.8, 4) is 40.1 Å². The zero-order valence-corrected chi connectivity index (χ0v) is 18.4. The zero-order chi connectivity index (χ0) is 22.4. The number of hydrogen-bond donors (Lipinski definition) is 2. The van der Waals surface area contributed by atoms with E-state index >= 15 is 0 Å². The molecule has 0 aliphatic heterocycles. The molecular weight excluding hydrogens is 400 g/mol. The quantitative estimate of drug-likeness (QED) is 0.505. The maximum atomic E-state index is 6.46. The van der Waals surface area contributed by atoms with E-state index in [2.05, 4.69) is 15.2 Å². The Kier molecular flexibility index (Phi) is 7.19. The van der Waals surface area contributed by atoms with Crippen LogP contribution in [0, 0.1) is 0 Å². The Bertz CT molecular complexity index is 996. The van der Waals surface area contributed by atoms with Gasteiger partial charge in [-0.3, -0.25) is 5.10 Å². The number of rotatable bonds is 10. The van der Waals surface area contributed by atoms with Gasteiger partial charge >= 0.3 is 0 Å². The van der Waals surface area contributed by atoms with Crippen LogP contribution in [-0.2, 0) is 0 Å². The molecule has 1 atom stereocenters. The highest BCUT2D eigenvalue weighted by Gasteiger charge is 2.20. The van der Waals surface area contributed by atoms with Crippen molar-refractivity contribution < 1.29 is 23.7 Å². The number of H-pyrrole nitrogens is 1. The van der Waals surface area contributed by atoms with Crippen LogP contribution < -0.4 is 29.4 Å². The number of nitrogens with two attached hydrogens (primary N) is 1. The summed E-state index contributed by atoms with van der Waals surface area (Å²) in [6.07, 6.45) is 0. The molecular formula is C22H28N4O5. The third-order valence-electron chi connectivity index (χ3n) is 4.65. The van der Waals surface area contributed by atoms with Crippen LogP contribution in [0.2, 0.25) is 0 Å². The van der Waals surface area contributed by atoms with Gasteiger partial charge in [0.1, 0.15) is 5.82 Å². The lowest BCUT2D eigenvalue weighted by Gasteiger charge is -2.15. The number of aromatic nitrogens is 3. The molecule has 0 aliphatic carbocycles. The molecule has 0 aliphatic rings. The number of ether oxygens (including phenoxy) is 5. The van der Waals surface area contributed by atoms with Crippen molar-refractivity contribution in [3.05, 3.63) is 41.7 Å². The van der Waals surface area contributed by atoms with E-state index in [0.717, 1.165) is 5.56 Å². The highest BCUT2D eigenvalue weighted by molar-refractivity contribution is 5.66. The van der Waals surface area contributed by atoms with Crippen LogP contribution in [0.25, 0.3) is 11.4 Å². The number of nitrogens with zero attached hydrogens (tertiary/aromatic N) is 2. The van der Waals surface area contributed by atoms with Crippen molar-refractivity contribution in [3.63, 3.8) is 0 Å². The summed E-state index contributed by atoms with van der Waals surface area (Å²) in [5, 5.41) is 7.25. The fourth-order valence-corrected chi connectivity index (χ4v) is 3.17. The minimum Gasteiger partial charge on any atom is -0.493 e. The zero-order valence-electron chi connectivity index (χ0n) is 18.4. The van der Waals surface area contributed by atoms with Crippen LogP contribution in [0.3, 0.4) is 0 Å². The lowest BCUT2D eigenvalue weighted by Crippen LogP contribution is -2.14. The van der Waals surface area contributed by atoms with Crippen LogP contribution in [0.5, 0.6) is 28.7 Å². The number of hydrogen-bond acceptors (Lipinski definition) is 8. The Balaban J connectivity index is 1.93. The summed E-state index contributed by atoms with van der Waals surface area (Å²) in [6.45, 7) is 4.91. The van der Waals surface area contributed by atoms with E-state index in [-0.39, 0.29) is 0 Å². The predicted octanol–water partition coefficient (Wildman–Crippen LogP) is 3.34. The number of methoxy groups -OCH3 is 3. The number of aromatic amines is 1. The fourth-order valence-electron chi connectivity index (χ4n) is 3.17. The van der Waals surface area contributed by atoms with Gasteiger partial charge in [-0.25, -0.2) is 4.98 Å². The van der Waals surface area contributed by atoms with Gasteiger partial charge in [0.15, 0.2) is 28.8 Å². The Hall–Kier alpha value is -3.46. The van der Waals surface area contributed by atoms with Crippen LogP contribution in [0.1, 0.15) is 31.3 Å². The van der Waals surface area contributed by atoms with Crippen molar-refractivity contribution in [2.45, 2.75) is 19.9 Å². The summed E-state index contributed by atoms with van der Waals surface area (Å²) < 4.78 is 27.5. The summed E-state index contributed by atoms with van der Waals surface area (Å²) in [5.74, 6) is 3.81. The van der Waals surface area contributed by atoms with E-state index < -0.39 is 6.04 Å². The molecule has 9 heteroatoms. The third kappa shape index (κ3) is 4.66. The van der Waals surface area contributed by atoms with Crippen LogP contribution in [0.15, 0.2) is 30.3 Å². The number of benzene rings is 2. The van der Waals surface area contributed by atoms with E-state index in [1.165, 1.54) is 0 Å². The van der Waals surface area contributed by atoms with Gasteiger partial charge in [-0.2, -0.15) is 5.10 Å². The maximum Gasteiger partial charge on any atom is 0.203 e. The second kappa shape index (κ2) is 10.0. The van der Waals surface area contributed by atoms with Gasteiger partial charge in [-0.1, -0.05) is 6.07 Å². The SMILES string of the molecule is CCOc1ccc([C@@H](N)c2nc(-c3cc(OC)c(OC)c(OC)c3)n[nH]2)cc1OCC. The predicted molar refractivity (Wildman–Crippen MR) is 116 cm³/mol. The van der Waals surface area contributed by atoms with E-state index in [9.17, 15) is 0 Å². The monoisotopic (exact) mass is 428 g/mol. The van der Waals surface area contributed by atoms with Crippen molar-refractivity contribution in [2.24, 2.45) is 5.73 Å². The van der Waals surface area contributed by atoms with Crippen molar-refractivity contribution >= 4 is 0 Å². The van der Waals surface area contributed by atoms with Crippen LogP contribution in [-0.4, -0.2) is 49.7 Å². The molecule has 0 radical (unpaired) electrons. The lowest BCUT2D eigenvalue weighted by atomic mass is 10.1. The summed E-state index contributed by atoms with van der Waals surface area (Å²) >= 11 is 0. The highest BCUT2D eigenvalue weighted by Crippen LogP contribution is 2.40. The summed E-state index contributed by atoms with van der Waals surface area (Å²) in [6, 6.07) is 8.63. The maximum absolute atomic E-state index is 6.46. The molecule has 0 spiro atoms. The van der Waals surface area contributed by atoms with E-state index in [1.807, 2.05) is 32.0 Å². The molecule has 0 unspecified atom stereocenters. The lowest BCUT2D eigenvalue weighted by molar-refractivity contribution is 0.287. The van der Waals surface area contributed by atoms with Gasteiger partial charge in [0.05, 0.1) is 40.6 Å². The van der Waals surface area contributed by atoms with E-state index in [0.29, 0.717) is 59.2 Å². The second-order valence-electron chi connectivity index (χ2n) is 6.51. The first kappa shape index (κ1) is 22.2. The van der Waals surface area contributed by atoms with Gasteiger partial charge in [0, 0.05) is 5.56 Å². The van der Waals surface area contributed by atoms with Crippen molar-refractivity contribution in [2.75, 3.05) is 34.5 Å². The smallest absolute Gasteiger partial charge is 0.203 e. The van der Waals surface area contributed by atoms with Gasteiger partial charge in [-0.05, 0) is 43.7 Å². The van der Waals surface area contributed by atoms with Gasteiger partial charge < -0.3 is 29.4 Å². The van der Waals surface area contributed by atoms with Crippen molar-refractivity contribution in [1.82, 2.24) is 15.2 Å². The second-order valence-corrected chi connectivity index (χ2v) is 6.51. The normalized spacial score (nSPS) is 11.7. The molecule has 0 bridgehead atoms. The largest absolute Gasteiger partial charge is 0.493 e. The first-order chi connectivity index (χ1) is 15.1. The standard InChI is InChI=1S/C22H28N4O5/c1-6-30-15-9-8-13(10-16(15)31-7-2)19(23)22-24-21(25-26-22)14-11-17(27-3)20(29-5)18(12-14)28-4/h8-12,19H,6-7,23H2,1-5H3,(H,24,25,26)/t19-/m1/s1. The Morgan fingerprint density at radius 2 is 1.52 bits per heavy atom. The molecule has 1 aromatic heterocycles. The van der Waals surface area contributed by atoms with Crippen LogP contribution in [0.4, 0.5) is 0 Å². The Labute approximate surface area is 181 Å². The van der Waals surface area contributed by atoms with Gasteiger partial charge in [-0.15, -0.1) is 0 Å². The van der Waals surface area contributed by atoms with Crippen molar-refractivity contribution in [1.29, 1.82) is 0 Å². The minimum absolute atomic E-state index is 0.459. The topological polar surface area (TPSA) is 114 Å². The molecule has 0 amide bonds. The Morgan fingerprint density at radius 1 is 0.871 bits per heavy atom. The molecule has 2 aromatic carbocycles. The molecule has 166 valence electrons. The molecule has 0 saturated heterocycles. The highest BCUT2D eigenvalue weighted by atomic mass is 16.5. The summed E-state index contributed by atoms with van der Waals surface area (Å²) in [5.41, 5.74) is 7.97. The van der Waals surface area contributed by atoms with E-state index in [4.69, 9.17) is 29.4 Å². The van der Waals surface area contributed by atoms with E-state index in [1.54, 1.807) is 33.5 Å². The minimum atomic E-state index is -0.529. The molecule has 1 heterocycles.